The van der Waals surface area contributed by atoms with Crippen molar-refractivity contribution in [2.75, 3.05) is 11.9 Å². The van der Waals surface area contributed by atoms with Crippen LogP contribution >= 0.6 is 0 Å². The number of para-hydroxylation sites is 1. The van der Waals surface area contributed by atoms with Gasteiger partial charge in [-0.1, -0.05) is 32.0 Å². The van der Waals surface area contributed by atoms with Gasteiger partial charge in [0.2, 0.25) is 10.0 Å². The molecule has 0 heterocycles. The molecule has 0 spiro atoms. The van der Waals surface area contributed by atoms with Gasteiger partial charge < -0.3 is 10.1 Å². The molecule has 152 valence electrons. The molecule has 0 unspecified atom stereocenters. The second-order valence-electron chi connectivity index (χ2n) is 6.70. The van der Waals surface area contributed by atoms with Gasteiger partial charge >= 0.3 is 0 Å². The van der Waals surface area contributed by atoms with Crippen molar-refractivity contribution in [3.05, 3.63) is 53.6 Å². The van der Waals surface area contributed by atoms with Crippen LogP contribution in [0.5, 0.6) is 5.75 Å². The average molecular weight is 405 g/mol. The van der Waals surface area contributed by atoms with Crippen LogP contribution < -0.4 is 14.8 Å². The number of hydrogen-bond acceptors (Lipinski definition) is 4. The van der Waals surface area contributed by atoms with E-state index in [4.69, 9.17) is 4.74 Å². The maximum absolute atomic E-state index is 12.3. The quantitative estimate of drug-likeness (QED) is 0.668. The summed E-state index contributed by atoms with van der Waals surface area (Å²) in [6.07, 6.45) is 1.52. The normalized spacial score (nSPS) is 12.4. The number of ether oxygens (including phenoxy) is 1. The van der Waals surface area contributed by atoms with E-state index in [0.717, 1.165) is 23.2 Å². The van der Waals surface area contributed by atoms with Crippen molar-refractivity contribution in [2.45, 2.75) is 51.5 Å². The Labute approximate surface area is 167 Å². The molecule has 0 radical (unpaired) electrons. The number of hydrogen-bond donors (Lipinski definition) is 2. The van der Waals surface area contributed by atoms with Gasteiger partial charge in [-0.2, -0.15) is 0 Å². The third-order valence-electron chi connectivity index (χ3n) is 4.48. The summed E-state index contributed by atoms with van der Waals surface area (Å²) in [4.78, 5) is 12.4. The van der Waals surface area contributed by atoms with Crippen LogP contribution in [0.3, 0.4) is 0 Å². The van der Waals surface area contributed by atoms with Gasteiger partial charge in [0, 0.05) is 11.7 Å². The molecule has 6 nitrogen and oxygen atoms in total. The predicted octanol–water partition coefficient (Wildman–Crippen LogP) is 3.65. The minimum absolute atomic E-state index is 0.140. The first kappa shape index (κ1) is 21.9. The second kappa shape index (κ2) is 9.71. The number of anilines is 1. The molecule has 28 heavy (non-hydrogen) atoms. The Balaban J connectivity index is 1.97. The van der Waals surface area contributed by atoms with Crippen molar-refractivity contribution in [1.82, 2.24) is 4.72 Å². The fourth-order valence-electron chi connectivity index (χ4n) is 2.66. The Bertz CT molecular complexity index is 909. The molecular weight excluding hydrogens is 376 g/mol. The van der Waals surface area contributed by atoms with E-state index in [0.29, 0.717) is 12.2 Å². The van der Waals surface area contributed by atoms with E-state index in [1.807, 2.05) is 45.9 Å². The lowest BCUT2D eigenvalue weighted by atomic mass is 10.1. The molecule has 2 aromatic rings. The van der Waals surface area contributed by atoms with Crippen molar-refractivity contribution in [1.29, 1.82) is 0 Å². The second-order valence-corrected chi connectivity index (χ2v) is 8.42. The number of aryl methyl sites for hydroxylation is 2. The van der Waals surface area contributed by atoms with Crippen LogP contribution in [0, 0.1) is 6.92 Å². The largest absolute Gasteiger partial charge is 0.484 e. The van der Waals surface area contributed by atoms with Crippen molar-refractivity contribution in [2.24, 2.45) is 0 Å². The Hall–Kier alpha value is -2.38. The Morgan fingerprint density at radius 2 is 1.79 bits per heavy atom. The Morgan fingerprint density at radius 1 is 1.11 bits per heavy atom. The molecule has 0 aliphatic carbocycles. The number of carbonyl (C=O) groups excluding carboxylic acids is 1. The van der Waals surface area contributed by atoms with Crippen LogP contribution in [0.25, 0.3) is 0 Å². The molecule has 0 saturated carbocycles. The van der Waals surface area contributed by atoms with Gasteiger partial charge in [0.05, 0.1) is 4.90 Å². The van der Waals surface area contributed by atoms with Gasteiger partial charge in [-0.15, -0.1) is 0 Å². The average Bonchev–Trinajstić information content (AvgIpc) is 2.67. The zero-order valence-corrected chi connectivity index (χ0v) is 17.6. The maximum Gasteiger partial charge on any atom is 0.262 e. The topological polar surface area (TPSA) is 84.5 Å². The van der Waals surface area contributed by atoms with Gasteiger partial charge in [-0.05, 0) is 62.1 Å². The first-order valence-corrected chi connectivity index (χ1v) is 10.9. The summed E-state index contributed by atoms with van der Waals surface area (Å²) < 4.78 is 32.6. The predicted molar refractivity (Wildman–Crippen MR) is 111 cm³/mol. The monoisotopic (exact) mass is 404 g/mol. The minimum Gasteiger partial charge on any atom is -0.484 e. The van der Waals surface area contributed by atoms with Crippen molar-refractivity contribution >= 4 is 21.6 Å². The highest BCUT2D eigenvalue weighted by Gasteiger charge is 2.16. The van der Waals surface area contributed by atoms with Crippen LogP contribution in [-0.2, 0) is 21.2 Å². The third kappa shape index (κ3) is 5.81. The number of amides is 1. The van der Waals surface area contributed by atoms with E-state index in [2.05, 4.69) is 10.0 Å². The van der Waals surface area contributed by atoms with Gasteiger partial charge in [-0.3, -0.25) is 4.79 Å². The molecule has 0 aromatic heterocycles. The molecule has 7 heteroatoms. The van der Waals surface area contributed by atoms with E-state index < -0.39 is 10.0 Å². The van der Waals surface area contributed by atoms with Crippen molar-refractivity contribution in [3.8, 4) is 5.75 Å². The molecule has 2 N–H and O–H groups in total. The van der Waals surface area contributed by atoms with Crippen molar-refractivity contribution < 1.29 is 17.9 Å². The molecule has 0 bridgehead atoms. The Kier molecular flexibility index (Phi) is 7.60. The molecule has 0 aliphatic heterocycles. The lowest BCUT2D eigenvalue weighted by molar-refractivity contribution is -0.118. The van der Waals surface area contributed by atoms with Crippen LogP contribution in [0.15, 0.2) is 47.4 Å². The van der Waals surface area contributed by atoms with Gasteiger partial charge in [0.1, 0.15) is 5.75 Å². The molecular formula is C21H28N2O4S. The molecule has 0 fully saturated rings. The van der Waals surface area contributed by atoms with Crippen LogP contribution in [0.1, 0.15) is 38.3 Å². The van der Waals surface area contributed by atoms with Gasteiger partial charge in [-0.25, -0.2) is 13.1 Å². The van der Waals surface area contributed by atoms with Gasteiger partial charge in [0.15, 0.2) is 6.61 Å². The maximum atomic E-state index is 12.3. The summed E-state index contributed by atoms with van der Waals surface area (Å²) in [6.45, 7) is 7.55. The van der Waals surface area contributed by atoms with E-state index in [1.165, 1.54) is 12.1 Å². The highest BCUT2D eigenvalue weighted by Crippen LogP contribution is 2.21. The lowest BCUT2D eigenvalue weighted by Gasteiger charge is -2.14. The molecule has 0 saturated heterocycles. The van der Waals surface area contributed by atoms with Crippen LogP contribution in [0.2, 0.25) is 0 Å². The number of benzene rings is 2. The summed E-state index contributed by atoms with van der Waals surface area (Å²) in [5.41, 5.74) is 2.88. The van der Waals surface area contributed by atoms with Crippen LogP contribution in [-0.4, -0.2) is 27.0 Å². The first-order valence-electron chi connectivity index (χ1n) is 9.40. The number of sulfonamides is 1. The van der Waals surface area contributed by atoms with E-state index >= 15 is 0 Å². The van der Waals surface area contributed by atoms with Crippen molar-refractivity contribution in [3.63, 3.8) is 0 Å². The molecule has 1 amide bonds. The molecule has 0 aliphatic rings. The summed E-state index contributed by atoms with van der Waals surface area (Å²) in [7, 11) is -3.56. The highest BCUT2D eigenvalue weighted by molar-refractivity contribution is 7.89. The highest BCUT2D eigenvalue weighted by atomic mass is 32.2. The Morgan fingerprint density at radius 3 is 2.39 bits per heavy atom. The minimum atomic E-state index is -3.56. The smallest absolute Gasteiger partial charge is 0.262 e. The molecule has 1 atom stereocenters. The summed E-state index contributed by atoms with van der Waals surface area (Å²) in [5, 5.41) is 2.89. The SMILES string of the molecule is CCc1cccc(C)c1NC(=O)COc1ccc(S(=O)(=O)N[C@@H](C)CC)cc1. The molecule has 2 aromatic carbocycles. The fraction of sp³-hybridized carbons (Fsp3) is 0.381. The summed E-state index contributed by atoms with van der Waals surface area (Å²) >= 11 is 0. The van der Waals surface area contributed by atoms with Gasteiger partial charge in [0.25, 0.3) is 5.91 Å². The first-order chi connectivity index (χ1) is 13.3. The zero-order valence-electron chi connectivity index (χ0n) is 16.8. The van der Waals surface area contributed by atoms with E-state index in [9.17, 15) is 13.2 Å². The van der Waals surface area contributed by atoms with E-state index in [-0.39, 0.29) is 23.5 Å². The fourth-order valence-corrected chi connectivity index (χ4v) is 3.98. The number of rotatable bonds is 9. The zero-order chi connectivity index (χ0) is 20.7. The van der Waals surface area contributed by atoms with E-state index in [1.54, 1.807) is 12.1 Å². The number of nitrogens with one attached hydrogen (secondary N) is 2. The third-order valence-corrected chi connectivity index (χ3v) is 6.08. The standard InChI is InChI=1S/C21H28N2O4S/c1-5-16(4)23-28(25,26)19-12-10-18(11-13-19)27-14-20(24)22-21-15(3)8-7-9-17(21)6-2/h7-13,16,23H,5-6,14H2,1-4H3,(H,22,24)/t16-/m0/s1. The lowest BCUT2D eigenvalue weighted by Crippen LogP contribution is -2.31. The number of carbonyl (C=O) groups is 1. The summed E-state index contributed by atoms with van der Waals surface area (Å²) in [5.74, 6) is 0.164. The van der Waals surface area contributed by atoms with Crippen LogP contribution in [0.4, 0.5) is 5.69 Å². The molecule has 2 rings (SSSR count). The summed E-state index contributed by atoms with van der Waals surface area (Å²) in [6, 6.07) is 11.8.